The summed E-state index contributed by atoms with van der Waals surface area (Å²) in [5, 5.41) is 17.5. The Hall–Kier alpha value is -1.37. The van der Waals surface area contributed by atoms with Crippen LogP contribution in [-0.4, -0.2) is 16.4 Å². The molecular formula is C8H5F5O2. The van der Waals surface area contributed by atoms with Gasteiger partial charge in [0.05, 0.1) is 0 Å². The smallest absolute Gasteiger partial charge is 0.418 e. The fraction of sp³-hybridized carbons (Fsp3) is 0.250. The Labute approximate surface area is 80.6 Å². The first-order valence-electron chi connectivity index (χ1n) is 3.66. The number of benzene rings is 1. The minimum atomic E-state index is -5.10. The molecule has 0 spiro atoms. The number of hydrogen-bond donors (Lipinski definition) is 2. The molecule has 1 unspecified atom stereocenters. The third-order valence-corrected chi connectivity index (χ3v) is 1.66. The van der Waals surface area contributed by atoms with Crippen molar-refractivity contribution in [3.8, 4) is 5.75 Å². The molecule has 2 nitrogen and oxygen atoms in total. The summed E-state index contributed by atoms with van der Waals surface area (Å²) in [7, 11) is 0. The van der Waals surface area contributed by atoms with E-state index in [9.17, 15) is 22.0 Å². The van der Waals surface area contributed by atoms with Crippen molar-refractivity contribution in [2.24, 2.45) is 0 Å². The van der Waals surface area contributed by atoms with Gasteiger partial charge in [-0.05, 0) is 6.07 Å². The van der Waals surface area contributed by atoms with Gasteiger partial charge in [0.1, 0.15) is 5.82 Å². The molecule has 0 aliphatic rings. The summed E-state index contributed by atoms with van der Waals surface area (Å²) in [6.45, 7) is 0. The highest BCUT2D eigenvalue weighted by Gasteiger charge is 2.41. The molecule has 0 saturated heterocycles. The largest absolute Gasteiger partial charge is 0.505 e. The number of phenolic OH excluding ortho intramolecular Hbond substituents is 1. The minimum Gasteiger partial charge on any atom is -0.505 e. The molecule has 0 aliphatic heterocycles. The quantitative estimate of drug-likeness (QED) is 0.724. The molecule has 1 aromatic carbocycles. The minimum absolute atomic E-state index is 0.210. The summed E-state index contributed by atoms with van der Waals surface area (Å²) in [5.74, 6) is -4.29. The number of alkyl halides is 3. The SMILES string of the molecule is Oc1c(F)cc(F)cc1C(O)C(F)(F)F. The van der Waals surface area contributed by atoms with Gasteiger partial charge in [-0.15, -0.1) is 0 Å². The summed E-state index contributed by atoms with van der Waals surface area (Å²) >= 11 is 0. The van der Waals surface area contributed by atoms with Crippen molar-refractivity contribution >= 4 is 0 Å². The van der Waals surface area contributed by atoms with Crippen LogP contribution in [0.2, 0.25) is 0 Å². The van der Waals surface area contributed by atoms with Crippen LogP contribution in [-0.2, 0) is 0 Å². The lowest BCUT2D eigenvalue weighted by Gasteiger charge is -2.16. The predicted molar refractivity (Wildman–Crippen MR) is 39.0 cm³/mol. The Morgan fingerprint density at radius 3 is 2.13 bits per heavy atom. The Morgan fingerprint density at radius 1 is 1.13 bits per heavy atom. The van der Waals surface area contributed by atoms with Crippen LogP contribution in [0.4, 0.5) is 22.0 Å². The van der Waals surface area contributed by atoms with Crippen molar-refractivity contribution in [3.63, 3.8) is 0 Å². The first-order valence-corrected chi connectivity index (χ1v) is 3.66. The van der Waals surface area contributed by atoms with Crippen LogP contribution in [0.1, 0.15) is 11.7 Å². The summed E-state index contributed by atoms with van der Waals surface area (Å²) in [6, 6.07) is 0.429. The number of hydrogen-bond acceptors (Lipinski definition) is 2. The lowest BCUT2D eigenvalue weighted by molar-refractivity contribution is -0.207. The molecule has 1 aromatic rings. The zero-order valence-corrected chi connectivity index (χ0v) is 7.02. The number of rotatable bonds is 1. The van der Waals surface area contributed by atoms with Crippen molar-refractivity contribution < 1.29 is 32.2 Å². The molecule has 84 valence electrons. The van der Waals surface area contributed by atoms with Gasteiger partial charge in [-0.3, -0.25) is 0 Å². The molecule has 0 heterocycles. The second kappa shape index (κ2) is 3.65. The van der Waals surface area contributed by atoms with E-state index in [0.717, 1.165) is 0 Å². The van der Waals surface area contributed by atoms with E-state index in [1.807, 2.05) is 0 Å². The molecule has 1 atom stereocenters. The highest BCUT2D eigenvalue weighted by Crippen LogP contribution is 2.37. The highest BCUT2D eigenvalue weighted by atomic mass is 19.4. The first-order chi connectivity index (χ1) is 6.73. The topological polar surface area (TPSA) is 40.5 Å². The van der Waals surface area contributed by atoms with E-state index >= 15 is 0 Å². The number of aliphatic hydroxyl groups is 1. The number of aromatic hydroxyl groups is 1. The van der Waals surface area contributed by atoms with Crippen LogP contribution < -0.4 is 0 Å². The van der Waals surface area contributed by atoms with Crippen LogP contribution in [0.15, 0.2) is 12.1 Å². The standard InChI is InChI=1S/C8H5F5O2/c9-3-1-4(6(14)5(10)2-3)7(15)8(11,12)13/h1-2,7,14-15H. The lowest BCUT2D eigenvalue weighted by atomic mass is 10.1. The normalized spacial score (nSPS) is 14.0. The third-order valence-electron chi connectivity index (χ3n) is 1.66. The molecule has 0 saturated carbocycles. The van der Waals surface area contributed by atoms with E-state index in [0.29, 0.717) is 0 Å². The second-order valence-corrected chi connectivity index (χ2v) is 2.77. The van der Waals surface area contributed by atoms with Gasteiger partial charge in [-0.1, -0.05) is 0 Å². The molecule has 2 N–H and O–H groups in total. The third kappa shape index (κ3) is 2.35. The molecule has 15 heavy (non-hydrogen) atoms. The van der Waals surface area contributed by atoms with Gasteiger partial charge >= 0.3 is 6.18 Å². The van der Waals surface area contributed by atoms with E-state index in [4.69, 9.17) is 10.2 Å². The van der Waals surface area contributed by atoms with Crippen LogP contribution in [0.25, 0.3) is 0 Å². The van der Waals surface area contributed by atoms with Gasteiger partial charge < -0.3 is 10.2 Å². The average molecular weight is 228 g/mol. The van der Waals surface area contributed by atoms with Gasteiger partial charge in [0.2, 0.25) is 0 Å². The fourth-order valence-corrected chi connectivity index (χ4v) is 0.971. The van der Waals surface area contributed by atoms with E-state index in [2.05, 4.69) is 0 Å². The summed E-state index contributed by atoms with van der Waals surface area (Å²) in [6.07, 6.45) is -8.22. The van der Waals surface area contributed by atoms with Crippen molar-refractivity contribution in [2.45, 2.75) is 12.3 Å². The van der Waals surface area contributed by atoms with E-state index in [1.54, 1.807) is 0 Å². The molecule has 0 amide bonds. The van der Waals surface area contributed by atoms with Gasteiger partial charge in [-0.2, -0.15) is 13.2 Å². The van der Waals surface area contributed by atoms with Gasteiger partial charge in [0, 0.05) is 11.6 Å². The molecule has 0 aliphatic carbocycles. The Bertz CT molecular complexity index is 374. The molecule has 0 radical (unpaired) electrons. The number of phenols is 1. The van der Waals surface area contributed by atoms with Crippen LogP contribution >= 0.6 is 0 Å². The van der Waals surface area contributed by atoms with Gasteiger partial charge in [0.25, 0.3) is 0 Å². The lowest BCUT2D eigenvalue weighted by Crippen LogP contribution is -2.20. The van der Waals surface area contributed by atoms with Crippen molar-refractivity contribution in [1.29, 1.82) is 0 Å². The molecule has 1 rings (SSSR count). The molecule has 0 bridgehead atoms. The predicted octanol–water partition coefficient (Wildman–Crippen LogP) is 2.27. The zero-order chi connectivity index (χ0) is 11.8. The fourth-order valence-electron chi connectivity index (χ4n) is 0.971. The van der Waals surface area contributed by atoms with E-state index in [-0.39, 0.29) is 12.1 Å². The zero-order valence-electron chi connectivity index (χ0n) is 7.02. The highest BCUT2D eigenvalue weighted by molar-refractivity contribution is 5.36. The maximum absolute atomic E-state index is 12.6. The van der Waals surface area contributed by atoms with Gasteiger partial charge in [-0.25, -0.2) is 8.78 Å². The number of halogens is 5. The molecule has 7 heteroatoms. The molecule has 0 aromatic heterocycles. The Balaban J connectivity index is 3.25. The monoisotopic (exact) mass is 228 g/mol. The Morgan fingerprint density at radius 2 is 1.67 bits per heavy atom. The molecule has 0 fully saturated rings. The van der Waals surface area contributed by atoms with Crippen molar-refractivity contribution in [2.75, 3.05) is 0 Å². The molecular weight excluding hydrogens is 223 g/mol. The van der Waals surface area contributed by atoms with Crippen molar-refractivity contribution in [1.82, 2.24) is 0 Å². The van der Waals surface area contributed by atoms with Crippen LogP contribution in [0.5, 0.6) is 5.75 Å². The summed E-state index contributed by atoms with van der Waals surface area (Å²) in [4.78, 5) is 0. The number of aliphatic hydroxyl groups excluding tert-OH is 1. The van der Waals surface area contributed by atoms with E-state index < -0.39 is 35.2 Å². The van der Waals surface area contributed by atoms with E-state index in [1.165, 1.54) is 0 Å². The summed E-state index contributed by atoms with van der Waals surface area (Å²) < 4.78 is 61.1. The first kappa shape index (κ1) is 11.7. The van der Waals surface area contributed by atoms with Crippen molar-refractivity contribution in [3.05, 3.63) is 29.3 Å². The van der Waals surface area contributed by atoms with Crippen LogP contribution in [0, 0.1) is 11.6 Å². The average Bonchev–Trinajstić information content (AvgIpc) is 2.08. The van der Waals surface area contributed by atoms with Crippen LogP contribution in [0.3, 0.4) is 0 Å². The Kier molecular flexibility index (Phi) is 2.85. The maximum atomic E-state index is 12.6. The van der Waals surface area contributed by atoms with Gasteiger partial charge in [0.15, 0.2) is 17.7 Å². The maximum Gasteiger partial charge on any atom is 0.418 e. The summed E-state index contributed by atoms with van der Waals surface area (Å²) in [5.41, 5.74) is -1.25. The second-order valence-electron chi connectivity index (χ2n) is 2.77.